The van der Waals surface area contributed by atoms with Crippen LogP contribution in [0.15, 0.2) is 84.9 Å². The second kappa shape index (κ2) is 24.1. The number of carbonyl (C=O) groups excluding carboxylic acids is 2. The number of halogens is 4. The summed E-state index contributed by atoms with van der Waals surface area (Å²) in [5.41, 5.74) is 2.88. The zero-order valence-corrected chi connectivity index (χ0v) is 38.7. The van der Waals surface area contributed by atoms with Crippen molar-refractivity contribution in [2.45, 2.75) is 151 Å². The van der Waals surface area contributed by atoms with Gasteiger partial charge in [-0.05, 0) is 0 Å². The zero-order chi connectivity index (χ0) is 44.6. The third kappa shape index (κ3) is 11.7. The summed E-state index contributed by atoms with van der Waals surface area (Å²) < 4.78 is 78.6. The summed E-state index contributed by atoms with van der Waals surface area (Å²) in [7, 11) is 0. The number of esters is 2. The van der Waals surface area contributed by atoms with Crippen LogP contribution < -0.4 is 17.2 Å². The van der Waals surface area contributed by atoms with Gasteiger partial charge in [0.15, 0.2) is 0 Å². The Hall–Kier alpha value is -4.27. The van der Waals surface area contributed by atoms with E-state index in [2.05, 4.69) is 13.8 Å². The number of unbranched alkanes of at least 4 members (excludes halogenated alkanes) is 16. The van der Waals surface area contributed by atoms with E-state index in [0.29, 0.717) is 24.0 Å². The molecule has 0 saturated heterocycles. The van der Waals surface area contributed by atoms with E-state index in [9.17, 15) is 9.59 Å². The summed E-state index contributed by atoms with van der Waals surface area (Å²) in [6.07, 6.45) is 26.2. The first-order chi connectivity index (χ1) is 30.7. The van der Waals surface area contributed by atoms with E-state index in [4.69, 9.17) is 9.47 Å². The number of carbonyl (C=O) groups is 2. The van der Waals surface area contributed by atoms with Crippen molar-refractivity contribution < 1.29 is 53.2 Å². The Morgan fingerprint density at radius 3 is 1.21 bits per heavy atom. The molecular weight excluding hydrogens is 836 g/mol. The van der Waals surface area contributed by atoms with Gasteiger partial charge in [-0.25, -0.2) is 0 Å². The number of allylic oxidation sites excluding steroid dienone is 2. The van der Waals surface area contributed by atoms with Gasteiger partial charge in [0, 0.05) is 0 Å². The van der Waals surface area contributed by atoms with Gasteiger partial charge >= 0.3 is 325 Å². The van der Waals surface area contributed by atoms with Crippen LogP contribution >= 0.6 is 0 Å². The number of rotatable bonds is 26. The average Bonchev–Trinajstić information content (AvgIpc) is 3.92. The fourth-order valence-electron chi connectivity index (χ4n) is 9.72. The van der Waals surface area contributed by atoms with Crippen molar-refractivity contribution in [3.8, 4) is 11.5 Å². The molecule has 0 saturated carbocycles. The molecule has 63 heavy (non-hydrogen) atoms. The van der Waals surface area contributed by atoms with Crippen LogP contribution in [0.3, 0.4) is 0 Å². The molecule has 4 aromatic carbocycles. The van der Waals surface area contributed by atoms with E-state index in [1.165, 1.54) is 51.4 Å². The number of ether oxygens (including phenoxy) is 2. The number of benzene rings is 4. The van der Waals surface area contributed by atoms with Crippen LogP contribution in [-0.2, 0) is 26.2 Å². The first-order valence-corrected chi connectivity index (χ1v) is 27.0. The van der Waals surface area contributed by atoms with E-state index in [1.807, 2.05) is 60.7 Å². The monoisotopic (exact) mass is 900 g/mol. The second-order valence-electron chi connectivity index (χ2n) is 17.4. The molecule has 2 aliphatic carbocycles. The topological polar surface area (TPSA) is 52.6 Å². The summed E-state index contributed by atoms with van der Waals surface area (Å²) in [6.45, 7) is 4.38. The summed E-state index contributed by atoms with van der Waals surface area (Å²) in [6, 6.07) is 19.0. The molecule has 336 valence electrons. The third-order valence-electron chi connectivity index (χ3n) is 12.9. The molecule has 0 radical (unpaired) electrons. The molecule has 0 heterocycles. The Bertz CT molecular complexity index is 2060. The van der Waals surface area contributed by atoms with Crippen LogP contribution in [0.1, 0.15) is 173 Å². The minimum atomic E-state index is -5.55. The van der Waals surface area contributed by atoms with Crippen LogP contribution in [0.5, 0.6) is 11.5 Å². The van der Waals surface area contributed by atoms with Crippen molar-refractivity contribution in [1.29, 1.82) is 0 Å². The second-order valence-corrected chi connectivity index (χ2v) is 23.6. The van der Waals surface area contributed by atoms with Crippen LogP contribution in [-0.4, -0.2) is 11.9 Å². The van der Waals surface area contributed by atoms with E-state index >= 15 is 17.6 Å². The molecule has 0 fully saturated rings. The number of hydrogen-bond donors (Lipinski definition) is 0. The molecule has 2 unspecified atom stereocenters. The summed E-state index contributed by atoms with van der Waals surface area (Å²) in [5.74, 6) is -6.60. The standard InChI is InChI=1S/2C18H25F2O2.2C9H7.Ti/c2*1-2-3-4-5-6-7-8-9-10-11-18(21)22-17-13-12-15(19)14-16(17)20;2*1-2-5-9-7-3-6-8(9)4-1;/h2*12-13H,2-11H2,1H3;2*1-7H;. The zero-order valence-electron chi connectivity index (χ0n) is 37.2. The Morgan fingerprint density at radius 1 is 0.476 bits per heavy atom. The normalized spacial score (nSPS) is 15.1. The predicted molar refractivity (Wildman–Crippen MR) is 243 cm³/mol. The van der Waals surface area contributed by atoms with Crippen molar-refractivity contribution in [3.05, 3.63) is 130 Å². The molecule has 9 heteroatoms. The fourth-order valence-corrected chi connectivity index (χ4v) is 19.3. The van der Waals surface area contributed by atoms with Gasteiger partial charge in [0.05, 0.1) is 0 Å². The van der Waals surface area contributed by atoms with Gasteiger partial charge in [0.2, 0.25) is 0 Å². The quantitative estimate of drug-likeness (QED) is 0.0207. The predicted octanol–water partition coefficient (Wildman–Crippen LogP) is 14.5. The van der Waals surface area contributed by atoms with Crippen molar-refractivity contribution in [3.63, 3.8) is 0 Å². The minimum absolute atomic E-state index is 0.0434. The maximum absolute atomic E-state index is 17.8. The van der Waals surface area contributed by atoms with Crippen LogP contribution in [0.2, 0.25) is 0 Å². The van der Waals surface area contributed by atoms with Gasteiger partial charge in [-0.2, -0.15) is 0 Å². The maximum atomic E-state index is 17.8. The Kier molecular flexibility index (Phi) is 18.5. The average molecular weight is 901 g/mol. The molecule has 0 spiro atoms. The molecule has 4 aromatic rings. The Balaban J connectivity index is 1.37. The first kappa shape index (κ1) is 48.2. The van der Waals surface area contributed by atoms with E-state index in [1.54, 1.807) is 12.1 Å². The van der Waals surface area contributed by atoms with Gasteiger partial charge in [-0.3, -0.25) is 0 Å². The third-order valence-corrected chi connectivity index (χ3v) is 21.6. The number of hydrogen-bond acceptors (Lipinski definition) is 4. The van der Waals surface area contributed by atoms with E-state index < -0.39 is 79.5 Å². The van der Waals surface area contributed by atoms with E-state index in [-0.39, 0.29) is 12.8 Å². The van der Waals surface area contributed by atoms with Crippen molar-refractivity contribution in [2.24, 2.45) is 0 Å². The SMILES string of the molecule is CCCCCCCCCCCC(=O)Oc1ccc(F)[c]([Ti]([c]2c(F)ccc(OC(=O)CCCCCCCCCCC)c2F)([CH]2C=Cc3ccccc32)[CH]2C=Cc3ccccc32)c1F. The van der Waals surface area contributed by atoms with Crippen molar-refractivity contribution >= 4 is 31.8 Å². The molecule has 2 aliphatic rings. The van der Waals surface area contributed by atoms with Gasteiger partial charge in [0.1, 0.15) is 0 Å². The van der Waals surface area contributed by atoms with Crippen LogP contribution in [0.25, 0.3) is 12.2 Å². The van der Waals surface area contributed by atoms with Gasteiger partial charge in [-0.15, -0.1) is 0 Å². The number of fused-ring (bicyclic) bond motifs is 2. The molecule has 2 atom stereocenters. The van der Waals surface area contributed by atoms with Gasteiger partial charge < -0.3 is 0 Å². The van der Waals surface area contributed by atoms with E-state index in [0.717, 1.165) is 86.8 Å². The van der Waals surface area contributed by atoms with Crippen molar-refractivity contribution in [1.82, 2.24) is 0 Å². The fraction of sp³-hybridized carbons (Fsp3) is 0.444. The first-order valence-electron chi connectivity index (χ1n) is 23.6. The van der Waals surface area contributed by atoms with Crippen LogP contribution in [0.4, 0.5) is 17.6 Å². The molecule has 6 rings (SSSR count). The Morgan fingerprint density at radius 2 is 0.825 bits per heavy atom. The van der Waals surface area contributed by atoms with Gasteiger partial charge in [0.25, 0.3) is 0 Å². The molecule has 0 bridgehead atoms. The van der Waals surface area contributed by atoms with Crippen LogP contribution in [0, 0.1) is 23.3 Å². The molecule has 0 N–H and O–H groups in total. The summed E-state index contributed by atoms with van der Waals surface area (Å²) in [4.78, 5) is 26.6. The van der Waals surface area contributed by atoms with Gasteiger partial charge in [-0.1, -0.05) is 52.4 Å². The molecule has 4 nitrogen and oxygen atoms in total. The molecular formula is C54H64F4O4Ti. The van der Waals surface area contributed by atoms with Crippen molar-refractivity contribution in [2.75, 3.05) is 0 Å². The Labute approximate surface area is 375 Å². The molecule has 0 aliphatic heterocycles. The summed E-state index contributed by atoms with van der Waals surface area (Å²) >= 11 is -5.55. The summed E-state index contributed by atoms with van der Waals surface area (Å²) in [5, 5.41) is 0. The molecule has 0 aromatic heterocycles. The molecule has 0 amide bonds.